The van der Waals surface area contributed by atoms with Crippen molar-refractivity contribution in [1.29, 1.82) is 0 Å². The van der Waals surface area contributed by atoms with E-state index in [-0.39, 0.29) is 42.0 Å². The summed E-state index contributed by atoms with van der Waals surface area (Å²) >= 11 is 0. The molecule has 8 heavy (non-hydrogen) atoms. The van der Waals surface area contributed by atoms with Crippen molar-refractivity contribution in [2.75, 3.05) is 27.4 Å². The summed E-state index contributed by atoms with van der Waals surface area (Å²) in [4.78, 5) is 0. The number of methoxy groups -OCH3 is 2. The quantitative estimate of drug-likeness (QED) is 0.294. The van der Waals surface area contributed by atoms with Gasteiger partial charge in [-0.05, 0) is 0 Å². The molecule has 0 heterocycles. The molecule has 0 aliphatic heterocycles. The smallest absolute Gasteiger partial charge is 1.00 e. The molecular formula is C4H10ClNaO2. The molecule has 0 rings (SSSR count). The molecule has 0 saturated carbocycles. The molecule has 0 bridgehead atoms. The van der Waals surface area contributed by atoms with Crippen LogP contribution in [0.15, 0.2) is 0 Å². The Morgan fingerprint density at radius 1 is 1.00 bits per heavy atom. The third kappa shape index (κ3) is 15.7. The third-order valence-corrected chi connectivity index (χ3v) is 0.492. The van der Waals surface area contributed by atoms with Crippen LogP contribution in [-0.4, -0.2) is 27.4 Å². The largest absolute Gasteiger partial charge is 1.00 e. The van der Waals surface area contributed by atoms with Gasteiger partial charge < -0.3 is 21.9 Å². The topological polar surface area (TPSA) is 18.5 Å². The molecule has 0 aliphatic rings. The van der Waals surface area contributed by atoms with Crippen LogP contribution >= 0.6 is 0 Å². The van der Waals surface area contributed by atoms with Crippen molar-refractivity contribution in [1.82, 2.24) is 0 Å². The van der Waals surface area contributed by atoms with Gasteiger partial charge >= 0.3 is 29.6 Å². The molecule has 46 valence electrons. The average Bonchev–Trinajstić information content (AvgIpc) is 1.61. The van der Waals surface area contributed by atoms with Crippen LogP contribution in [0.3, 0.4) is 0 Å². The molecule has 0 amide bonds. The predicted octanol–water partition coefficient (Wildman–Crippen LogP) is -5.71. The van der Waals surface area contributed by atoms with Gasteiger partial charge in [0.15, 0.2) is 0 Å². The monoisotopic (exact) mass is 148 g/mol. The minimum atomic E-state index is 0. The van der Waals surface area contributed by atoms with Crippen molar-refractivity contribution in [2.45, 2.75) is 0 Å². The Bertz CT molecular complexity index is 26.0. The van der Waals surface area contributed by atoms with Gasteiger partial charge in [0, 0.05) is 14.2 Å². The van der Waals surface area contributed by atoms with Crippen LogP contribution in [0.5, 0.6) is 0 Å². The van der Waals surface area contributed by atoms with E-state index in [2.05, 4.69) is 9.47 Å². The fraction of sp³-hybridized carbons (Fsp3) is 1.00. The number of hydrogen-bond acceptors (Lipinski definition) is 2. The van der Waals surface area contributed by atoms with Crippen LogP contribution in [0, 0.1) is 0 Å². The average molecular weight is 149 g/mol. The molecule has 0 aromatic heterocycles. The summed E-state index contributed by atoms with van der Waals surface area (Å²) in [6.07, 6.45) is 0. The molecule has 0 saturated heterocycles. The van der Waals surface area contributed by atoms with Crippen molar-refractivity contribution in [3.8, 4) is 0 Å². The Hall–Kier alpha value is 1.21. The zero-order chi connectivity index (χ0) is 4.83. The summed E-state index contributed by atoms with van der Waals surface area (Å²) in [5.74, 6) is 0. The second kappa shape index (κ2) is 15.7. The molecule has 0 N–H and O–H groups in total. The number of ether oxygens (including phenoxy) is 2. The van der Waals surface area contributed by atoms with E-state index < -0.39 is 0 Å². The van der Waals surface area contributed by atoms with Crippen molar-refractivity contribution in [3.63, 3.8) is 0 Å². The standard InChI is InChI=1S/C4H10O2.ClH.Na/c1-5-3-4-6-2;;/h3-4H2,1-2H3;1H;/q;;+1/p-1. The first-order valence-electron chi connectivity index (χ1n) is 1.89. The van der Waals surface area contributed by atoms with Crippen LogP contribution < -0.4 is 42.0 Å². The second-order valence-corrected chi connectivity index (χ2v) is 0.986. The maximum absolute atomic E-state index is 4.66. The molecule has 4 heteroatoms. The van der Waals surface area contributed by atoms with Gasteiger partial charge in [-0.2, -0.15) is 0 Å². The van der Waals surface area contributed by atoms with E-state index in [0.717, 1.165) is 0 Å². The van der Waals surface area contributed by atoms with E-state index in [1.54, 1.807) is 14.2 Å². The number of halogens is 1. The van der Waals surface area contributed by atoms with Gasteiger partial charge in [0.1, 0.15) is 0 Å². The van der Waals surface area contributed by atoms with Crippen molar-refractivity contribution in [3.05, 3.63) is 0 Å². The molecule has 0 spiro atoms. The van der Waals surface area contributed by atoms with Crippen molar-refractivity contribution in [2.24, 2.45) is 0 Å². The van der Waals surface area contributed by atoms with E-state index in [4.69, 9.17) is 0 Å². The Kier molecular flexibility index (Phi) is 31.6. The first-order valence-corrected chi connectivity index (χ1v) is 1.89. The van der Waals surface area contributed by atoms with Crippen molar-refractivity contribution >= 4 is 0 Å². The van der Waals surface area contributed by atoms with Crippen molar-refractivity contribution < 1.29 is 51.4 Å². The molecule has 0 unspecified atom stereocenters. The van der Waals surface area contributed by atoms with Crippen LogP contribution in [0.4, 0.5) is 0 Å². The van der Waals surface area contributed by atoms with Gasteiger partial charge in [-0.15, -0.1) is 0 Å². The maximum atomic E-state index is 4.66. The van der Waals surface area contributed by atoms with Crippen LogP contribution in [-0.2, 0) is 9.47 Å². The fourth-order valence-corrected chi connectivity index (χ4v) is 0.167. The van der Waals surface area contributed by atoms with Gasteiger partial charge in [0.2, 0.25) is 0 Å². The summed E-state index contributed by atoms with van der Waals surface area (Å²) in [5, 5.41) is 0. The molecule has 0 aromatic rings. The van der Waals surface area contributed by atoms with Gasteiger partial charge in [-0.1, -0.05) is 0 Å². The van der Waals surface area contributed by atoms with Crippen LogP contribution in [0.25, 0.3) is 0 Å². The Labute approximate surface area is 78.6 Å². The molecular weight excluding hydrogens is 138 g/mol. The number of hydrogen-bond donors (Lipinski definition) is 0. The SMILES string of the molecule is COCCOC.[Cl-].[Na+]. The van der Waals surface area contributed by atoms with Crippen LogP contribution in [0.2, 0.25) is 0 Å². The van der Waals surface area contributed by atoms with Gasteiger partial charge in [0.25, 0.3) is 0 Å². The van der Waals surface area contributed by atoms with E-state index in [9.17, 15) is 0 Å². The van der Waals surface area contributed by atoms with Gasteiger partial charge in [-0.25, -0.2) is 0 Å². The second-order valence-electron chi connectivity index (χ2n) is 0.986. The van der Waals surface area contributed by atoms with Gasteiger partial charge in [-0.3, -0.25) is 0 Å². The van der Waals surface area contributed by atoms with E-state index in [1.807, 2.05) is 0 Å². The van der Waals surface area contributed by atoms with Crippen LogP contribution in [0.1, 0.15) is 0 Å². The predicted molar refractivity (Wildman–Crippen MR) is 23.8 cm³/mol. The van der Waals surface area contributed by atoms with E-state index >= 15 is 0 Å². The normalized spacial score (nSPS) is 6.75. The Morgan fingerprint density at radius 3 is 1.38 bits per heavy atom. The van der Waals surface area contributed by atoms with Gasteiger partial charge in [0.05, 0.1) is 13.2 Å². The molecule has 2 nitrogen and oxygen atoms in total. The summed E-state index contributed by atoms with van der Waals surface area (Å²) in [6.45, 7) is 1.38. The Morgan fingerprint density at radius 2 is 1.25 bits per heavy atom. The zero-order valence-corrected chi connectivity index (χ0v) is 8.36. The summed E-state index contributed by atoms with van der Waals surface area (Å²) in [7, 11) is 3.30. The maximum Gasteiger partial charge on any atom is 1.00 e. The zero-order valence-electron chi connectivity index (χ0n) is 5.61. The van der Waals surface area contributed by atoms with E-state index in [0.29, 0.717) is 13.2 Å². The number of rotatable bonds is 3. The molecule has 0 aromatic carbocycles. The van der Waals surface area contributed by atoms with E-state index in [1.165, 1.54) is 0 Å². The molecule has 0 atom stereocenters. The molecule has 0 aliphatic carbocycles. The summed E-state index contributed by atoms with van der Waals surface area (Å²) in [6, 6.07) is 0. The minimum Gasteiger partial charge on any atom is -1.00 e. The Balaban J connectivity index is -0.000000125. The molecule has 0 fully saturated rings. The molecule has 0 radical (unpaired) electrons. The third-order valence-electron chi connectivity index (χ3n) is 0.492. The fourth-order valence-electron chi connectivity index (χ4n) is 0.167. The summed E-state index contributed by atoms with van der Waals surface area (Å²) in [5.41, 5.74) is 0. The first-order chi connectivity index (χ1) is 2.91. The summed E-state index contributed by atoms with van der Waals surface area (Å²) < 4.78 is 9.31. The minimum absolute atomic E-state index is 0. The first kappa shape index (κ1) is 16.1.